The Morgan fingerprint density at radius 3 is 2.92 bits per heavy atom. The first-order valence-corrected chi connectivity index (χ1v) is 4.77. The summed E-state index contributed by atoms with van der Waals surface area (Å²) in [6, 6.07) is 5.61. The van der Waals surface area contributed by atoms with Crippen molar-refractivity contribution in [1.82, 2.24) is 0 Å². The average Bonchev–Trinajstić information content (AvgIpc) is 2.05. The first-order valence-electron chi connectivity index (χ1n) is 3.59. The van der Waals surface area contributed by atoms with Gasteiger partial charge in [0.25, 0.3) is 0 Å². The molecule has 0 spiro atoms. The Morgan fingerprint density at radius 2 is 2.33 bits per heavy atom. The molecule has 1 aromatic carbocycles. The van der Waals surface area contributed by atoms with E-state index in [1.807, 2.05) is 0 Å². The summed E-state index contributed by atoms with van der Waals surface area (Å²) in [4.78, 5) is 0. The van der Waals surface area contributed by atoms with Gasteiger partial charge in [0, 0.05) is 6.07 Å². The summed E-state index contributed by atoms with van der Waals surface area (Å²) < 4.78 is 28.6. The molecule has 0 radical (unpaired) electrons. The predicted molar refractivity (Wildman–Crippen MR) is 45.3 cm³/mol. The van der Waals surface area contributed by atoms with Crippen molar-refractivity contribution in [2.24, 2.45) is 0 Å². The van der Waals surface area contributed by atoms with Gasteiger partial charge in [0.05, 0.1) is 0 Å². The summed E-state index contributed by atoms with van der Waals surface area (Å²) in [5, 5.41) is 0.395. The Bertz CT molecular complexity index is 288. The Balaban J connectivity index is 2.81. The van der Waals surface area contributed by atoms with Crippen LogP contribution in [0.2, 0.25) is 0 Å². The highest BCUT2D eigenvalue weighted by Gasteiger charge is 2.20. The van der Waals surface area contributed by atoms with E-state index in [0.717, 1.165) is 0 Å². The molecule has 2 nitrogen and oxygen atoms in total. The van der Waals surface area contributed by atoms with Crippen LogP contribution in [0.3, 0.4) is 0 Å². The Morgan fingerprint density at radius 1 is 1.58 bits per heavy atom. The van der Waals surface area contributed by atoms with Gasteiger partial charge < -0.3 is 0 Å². The Kier molecular flexibility index (Phi) is 3.32. The van der Waals surface area contributed by atoms with Gasteiger partial charge in [-0.25, -0.2) is 4.39 Å². The maximum Gasteiger partial charge on any atom is 0.548 e. The topological polar surface area (TPSA) is 26.3 Å². The second-order valence-electron chi connectivity index (χ2n) is 2.15. The van der Waals surface area contributed by atoms with E-state index >= 15 is 0 Å². The van der Waals surface area contributed by atoms with E-state index in [0.29, 0.717) is 11.9 Å². The lowest BCUT2D eigenvalue weighted by atomic mass is 10.4. The molecule has 0 saturated carbocycles. The second-order valence-corrected chi connectivity index (χ2v) is 3.44. The van der Waals surface area contributed by atoms with Gasteiger partial charge in [0.1, 0.15) is 12.4 Å². The van der Waals surface area contributed by atoms with Gasteiger partial charge in [-0.1, -0.05) is 6.07 Å². The summed E-state index contributed by atoms with van der Waals surface area (Å²) in [7, 11) is -1.88. The van der Waals surface area contributed by atoms with Crippen molar-refractivity contribution in [3.05, 3.63) is 30.1 Å². The molecule has 0 amide bonds. The number of benzene rings is 1. The van der Waals surface area contributed by atoms with Gasteiger partial charge >= 0.3 is 8.03 Å². The van der Waals surface area contributed by atoms with Crippen LogP contribution in [0.1, 0.15) is 6.92 Å². The first-order chi connectivity index (χ1) is 5.74. The zero-order valence-corrected chi connectivity index (χ0v) is 7.55. The van der Waals surface area contributed by atoms with Gasteiger partial charge in [-0.3, -0.25) is 0 Å². The van der Waals surface area contributed by atoms with Crippen LogP contribution in [-0.4, -0.2) is 6.61 Å². The smallest absolute Gasteiger partial charge is 0.207 e. The van der Waals surface area contributed by atoms with E-state index in [9.17, 15) is 8.96 Å². The van der Waals surface area contributed by atoms with E-state index in [1.165, 1.54) is 18.2 Å². The number of hydrogen-bond donors (Lipinski definition) is 0. The molecule has 12 heavy (non-hydrogen) atoms. The van der Waals surface area contributed by atoms with Gasteiger partial charge in [0.15, 0.2) is 0 Å². The summed E-state index contributed by atoms with van der Waals surface area (Å²) in [6.07, 6.45) is 0. The van der Waals surface area contributed by atoms with Crippen molar-refractivity contribution in [3.63, 3.8) is 0 Å². The van der Waals surface area contributed by atoms with Crippen molar-refractivity contribution < 1.29 is 13.5 Å². The second kappa shape index (κ2) is 4.29. The number of hydrogen-bond acceptors (Lipinski definition) is 2. The van der Waals surface area contributed by atoms with Crippen molar-refractivity contribution in [1.29, 1.82) is 0 Å². The highest BCUT2D eigenvalue weighted by atomic mass is 31.1. The van der Waals surface area contributed by atoms with Crippen LogP contribution in [-0.2, 0) is 9.09 Å². The van der Waals surface area contributed by atoms with E-state index in [2.05, 4.69) is 0 Å². The van der Waals surface area contributed by atoms with Crippen molar-refractivity contribution in [2.45, 2.75) is 6.92 Å². The normalized spacial score (nSPS) is 11.3. The molecule has 0 N–H and O–H groups in total. The molecule has 1 unspecified atom stereocenters. The van der Waals surface area contributed by atoms with Crippen LogP contribution < -0.4 is 5.30 Å². The molecule has 0 fully saturated rings. The van der Waals surface area contributed by atoms with Gasteiger partial charge in [0.2, 0.25) is 5.30 Å². The number of halogens is 1. The molecule has 1 rings (SSSR count). The summed E-state index contributed by atoms with van der Waals surface area (Å²) in [5.74, 6) is -0.393. The van der Waals surface area contributed by atoms with E-state index in [4.69, 9.17) is 4.52 Å². The van der Waals surface area contributed by atoms with E-state index in [-0.39, 0.29) is 0 Å². The minimum atomic E-state index is -1.88. The zero-order chi connectivity index (χ0) is 8.97. The van der Waals surface area contributed by atoms with Gasteiger partial charge in [-0.05, 0) is 23.6 Å². The van der Waals surface area contributed by atoms with Gasteiger partial charge in [-0.15, -0.1) is 4.52 Å². The Hall–Kier alpha value is -0.790. The van der Waals surface area contributed by atoms with E-state index < -0.39 is 13.8 Å². The third-order valence-electron chi connectivity index (χ3n) is 1.27. The first kappa shape index (κ1) is 9.30. The maximum atomic E-state index is 12.6. The average molecular weight is 187 g/mol. The molecule has 0 aliphatic rings. The third-order valence-corrected chi connectivity index (χ3v) is 2.46. The lowest BCUT2D eigenvalue weighted by molar-refractivity contribution is 0.357. The molecule has 0 bridgehead atoms. The standard InChI is InChI=1S/C8H9FO2P/c1-2-11-12(10)8-5-3-4-7(9)6-8/h3-6H,2H2,1H3/q+1. The van der Waals surface area contributed by atoms with Crippen LogP contribution in [0.15, 0.2) is 24.3 Å². The minimum absolute atomic E-state index is 0.367. The summed E-state index contributed by atoms with van der Waals surface area (Å²) in [5.41, 5.74) is 0. The zero-order valence-electron chi connectivity index (χ0n) is 6.66. The van der Waals surface area contributed by atoms with Crippen LogP contribution >= 0.6 is 8.03 Å². The summed E-state index contributed by atoms with van der Waals surface area (Å²) >= 11 is 0. The molecular weight excluding hydrogens is 178 g/mol. The fourth-order valence-electron chi connectivity index (χ4n) is 0.781. The van der Waals surface area contributed by atoms with Crippen LogP contribution in [0.4, 0.5) is 4.39 Å². The highest BCUT2D eigenvalue weighted by Crippen LogP contribution is 2.20. The molecule has 0 aliphatic carbocycles. The summed E-state index contributed by atoms with van der Waals surface area (Å²) in [6.45, 7) is 2.11. The molecule has 0 heterocycles. The predicted octanol–water partition coefficient (Wildman–Crippen LogP) is 2.23. The molecular formula is C8H9FO2P+. The fraction of sp³-hybridized carbons (Fsp3) is 0.250. The molecule has 4 heteroatoms. The van der Waals surface area contributed by atoms with Crippen molar-refractivity contribution in [2.75, 3.05) is 6.61 Å². The van der Waals surface area contributed by atoms with Crippen LogP contribution in [0.25, 0.3) is 0 Å². The fourth-order valence-corrected chi connectivity index (χ4v) is 1.60. The monoisotopic (exact) mass is 187 g/mol. The minimum Gasteiger partial charge on any atom is -0.207 e. The third kappa shape index (κ3) is 2.36. The maximum absolute atomic E-state index is 12.6. The molecule has 64 valence electrons. The quantitative estimate of drug-likeness (QED) is 0.678. The Labute approximate surface area is 71.2 Å². The van der Waals surface area contributed by atoms with Gasteiger partial charge in [-0.2, -0.15) is 0 Å². The SMILES string of the molecule is CCO[P+](=O)c1cccc(F)c1. The molecule has 1 aromatic rings. The lowest BCUT2D eigenvalue weighted by Gasteiger charge is -1.86. The van der Waals surface area contributed by atoms with Crippen LogP contribution in [0.5, 0.6) is 0 Å². The lowest BCUT2D eigenvalue weighted by Crippen LogP contribution is -1.98. The molecule has 0 saturated heterocycles. The molecule has 0 aromatic heterocycles. The van der Waals surface area contributed by atoms with Crippen molar-refractivity contribution in [3.8, 4) is 0 Å². The van der Waals surface area contributed by atoms with E-state index in [1.54, 1.807) is 13.0 Å². The largest absolute Gasteiger partial charge is 0.548 e. The highest BCUT2D eigenvalue weighted by molar-refractivity contribution is 7.48. The number of rotatable bonds is 3. The molecule has 0 aliphatic heterocycles. The van der Waals surface area contributed by atoms with Crippen LogP contribution in [0, 0.1) is 5.82 Å². The molecule has 1 atom stereocenters. The van der Waals surface area contributed by atoms with Crippen molar-refractivity contribution >= 4 is 13.3 Å².